The summed E-state index contributed by atoms with van der Waals surface area (Å²) >= 11 is 3.49. The highest BCUT2D eigenvalue weighted by Crippen LogP contribution is 2.37. The van der Waals surface area contributed by atoms with Crippen LogP contribution in [0.1, 0.15) is 37.3 Å². The number of carbonyl (C=O) groups is 2. The van der Waals surface area contributed by atoms with Gasteiger partial charge in [0, 0.05) is 23.1 Å². The smallest absolute Gasteiger partial charge is 0.316 e. The van der Waals surface area contributed by atoms with Gasteiger partial charge >= 0.3 is 5.97 Å². The van der Waals surface area contributed by atoms with Crippen molar-refractivity contribution in [2.75, 3.05) is 31.6 Å². The lowest BCUT2D eigenvalue weighted by atomic mass is 9.72. The van der Waals surface area contributed by atoms with E-state index in [1.54, 1.807) is 0 Å². The molecule has 31 heavy (non-hydrogen) atoms. The third-order valence-corrected chi connectivity index (χ3v) is 6.67. The highest BCUT2D eigenvalue weighted by atomic mass is 79.9. The molecule has 168 valence electrons. The third-order valence-electron chi connectivity index (χ3n) is 5.81. The Kier molecular flexibility index (Phi) is 9.54. The molecule has 1 fully saturated rings. The first-order chi connectivity index (χ1) is 14.4. The molecule has 0 unspecified atom stereocenters. The summed E-state index contributed by atoms with van der Waals surface area (Å²) in [5.41, 5.74) is 2.35. The summed E-state index contributed by atoms with van der Waals surface area (Å²) in [6.45, 7) is 6.43. The summed E-state index contributed by atoms with van der Waals surface area (Å²) in [5.74, 6) is -0.144. The van der Waals surface area contributed by atoms with Gasteiger partial charge in [0.25, 0.3) is 0 Å². The minimum Gasteiger partial charge on any atom is -0.465 e. The number of nitrogens with zero attached hydrogens (tertiary/aromatic N) is 1. The van der Waals surface area contributed by atoms with Crippen molar-refractivity contribution in [3.63, 3.8) is 0 Å². The molecule has 2 aromatic carbocycles. The fraction of sp³-hybridized carbons (Fsp3) is 0.417. The number of piperidine rings is 1. The third kappa shape index (κ3) is 6.31. The van der Waals surface area contributed by atoms with Gasteiger partial charge in [-0.3, -0.25) is 9.59 Å². The zero-order chi connectivity index (χ0) is 21.6. The number of nitrogens with one attached hydrogen (secondary N) is 1. The largest absolute Gasteiger partial charge is 0.465 e. The molecule has 3 rings (SSSR count). The van der Waals surface area contributed by atoms with E-state index in [1.165, 1.54) is 0 Å². The van der Waals surface area contributed by atoms with E-state index in [4.69, 9.17) is 4.74 Å². The maximum absolute atomic E-state index is 12.8. The van der Waals surface area contributed by atoms with E-state index in [9.17, 15) is 9.59 Å². The van der Waals surface area contributed by atoms with Crippen molar-refractivity contribution < 1.29 is 14.3 Å². The SMILES string of the molecule is CCOC(=O)C1(c2ccccc2)CCN(CCC(=O)Nc2ccc(C)c(Br)c2)CC1.Cl. The highest BCUT2D eigenvalue weighted by Gasteiger charge is 2.44. The summed E-state index contributed by atoms with van der Waals surface area (Å²) in [6.07, 6.45) is 1.81. The van der Waals surface area contributed by atoms with Crippen LogP contribution in [0, 0.1) is 6.92 Å². The van der Waals surface area contributed by atoms with Crippen LogP contribution in [0.5, 0.6) is 0 Å². The van der Waals surface area contributed by atoms with Crippen LogP contribution in [0.25, 0.3) is 0 Å². The topological polar surface area (TPSA) is 58.6 Å². The van der Waals surface area contributed by atoms with Crippen molar-refractivity contribution in [1.82, 2.24) is 4.90 Å². The molecule has 0 aliphatic carbocycles. The van der Waals surface area contributed by atoms with Gasteiger partial charge in [-0.25, -0.2) is 0 Å². The van der Waals surface area contributed by atoms with Gasteiger partial charge in [-0.2, -0.15) is 0 Å². The van der Waals surface area contributed by atoms with Gasteiger partial charge in [0.2, 0.25) is 5.91 Å². The summed E-state index contributed by atoms with van der Waals surface area (Å²) in [6, 6.07) is 15.7. The molecule has 2 aromatic rings. The molecule has 1 aliphatic heterocycles. The molecule has 1 aliphatic rings. The second-order valence-electron chi connectivity index (χ2n) is 7.77. The molecule has 0 spiro atoms. The van der Waals surface area contributed by atoms with Crippen molar-refractivity contribution in [2.45, 2.75) is 38.5 Å². The van der Waals surface area contributed by atoms with Crippen molar-refractivity contribution in [3.8, 4) is 0 Å². The molecule has 0 aromatic heterocycles. The van der Waals surface area contributed by atoms with Crippen LogP contribution >= 0.6 is 28.3 Å². The van der Waals surface area contributed by atoms with Crippen LogP contribution in [-0.4, -0.2) is 43.0 Å². The van der Waals surface area contributed by atoms with E-state index in [0.717, 1.165) is 34.4 Å². The molecule has 7 heteroatoms. The van der Waals surface area contributed by atoms with Crippen LogP contribution in [0.3, 0.4) is 0 Å². The predicted molar refractivity (Wildman–Crippen MR) is 130 cm³/mol. The second kappa shape index (κ2) is 11.7. The number of anilines is 1. The van der Waals surface area contributed by atoms with E-state index >= 15 is 0 Å². The Morgan fingerprint density at radius 3 is 2.42 bits per heavy atom. The first-order valence-corrected chi connectivity index (χ1v) is 11.2. The number of hydrogen-bond acceptors (Lipinski definition) is 4. The van der Waals surface area contributed by atoms with Gasteiger partial charge in [-0.05, 0) is 63.0 Å². The van der Waals surface area contributed by atoms with Crippen LogP contribution in [0.2, 0.25) is 0 Å². The molecule has 0 bridgehead atoms. The molecular formula is C24H30BrClN2O3. The fourth-order valence-corrected chi connectivity index (χ4v) is 4.33. The Bertz CT molecular complexity index is 884. The molecular weight excluding hydrogens is 480 g/mol. The molecule has 0 atom stereocenters. The number of hydrogen-bond donors (Lipinski definition) is 1. The zero-order valence-corrected chi connectivity index (χ0v) is 20.4. The van der Waals surface area contributed by atoms with Gasteiger partial charge in [0.1, 0.15) is 0 Å². The van der Waals surface area contributed by atoms with Gasteiger partial charge in [-0.1, -0.05) is 52.3 Å². The lowest BCUT2D eigenvalue weighted by Gasteiger charge is -2.40. The number of aryl methyl sites for hydroxylation is 1. The highest BCUT2D eigenvalue weighted by molar-refractivity contribution is 9.10. The Morgan fingerprint density at radius 1 is 1.13 bits per heavy atom. The number of rotatable bonds is 7. The maximum Gasteiger partial charge on any atom is 0.316 e. The number of likely N-dealkylation sites (tertiary alicyclic amines) is 1. The lowest BCUT2D eigenvalue weighted by molar-refractivity contribution is -0.152. The van der Waals surface area contributed by atoms with Crippen LogP contribution < -0.4 is 5.32 Å². The zero-order valence-electron chi connectivity index (χ0n) is 18.0. The molecule has 0 saturated carbocycles. The number of carbonyl (C=O) groups excluding carboxylic acids is 2. The van der Waals surface area contributed by atoms with E-state index in [0.29, 0.717) is 32.4 Å². The Hall–Kier alpha value is -1.89. The van der Waals surface area contributed by atoms with Gasteiger partial charge in [0.05, 0.1) is 12.0 Å². The molecule has 0 radical (unpaired) electrons. The van der Waals surface area contributed by atoms with Crippen LogP contribution in [-0.2, 0) is 19.7 Å². The predicted octanol–water partition coefficient (Wildman–Crippen LogP) is 5.10. The number of esters is 1. The van der Waals surface area contributed by atoms with Gasteiger partial charge in [-0.15, -0.1) is 12.4 Å². The number of amides is 1. The standard InChI is InChI=1S/C24H29BrN2O3.ClH/c1-3-30-23(29)24(19-7-5-4-6-8-19)12-15-27(16-13-24)14-11-22(28)26-20-10-9-18(2)21(25)17-20;/h4-10,17H,3,11-16H2,1-2H3,(H,26,28);1H. The molecule has 1 N–H and O–H groups in total. The van der Waals surface area contributed by atoms with E-state index in [2.05, 4.69) is 26.1 Å². The van der Waals surface area contributed by atoms with Crippen LogP contribution in [0.4, 0.5) is 5.69 Å². The quantitative estimate of drug-likeness (QED) is 0.527. The molecule has 5 nitrogen and oxygen atoms in total. The first-order valence-electron chi connectivity index (χ1n) is 10.5. The van der Waals surface area contributed by atoms with E-state index in [1.807, 2.05) is 62.4 Å². The fourth-order valence-electron chi connectivity index (χ4n) is 3.95. The van der Waals surface area contributed by atoms with E-state index in [-0.39, 0.29) is 24.3 Å². The van der Waals surface area contributed by atoms with Crippen molar-refractivity contribution in [2.24, 2.45) is 0 Å². The molecule has 1 heterocycles. The number of benzene rings is 2. The van der Waals surface area contributed by atoms with Crippen molar-refractivity contribution in [1.29, 1.82) is 0 Å². The lowest BCUT2D eigenvalue weighted by Crippen LogP contribution is -2.48. The minimum absolute atomic E-state index is 0. The van der Waals surface area contributed by atoms with Crippen LogP contribution in [0.15, 0.2) is 53.0 Å². The number of ether oxygens (including phenoxy) is 1. The second-order valence-corrected chi connectivity index (χ2v) is 8.63. The summed E-state index contributed by atoms with van der Waals surface area (Å²) < 4.78 is 6.41. The Labute approximate surface area is 199 Å². The molecule has 1 amide bonds. The average molecular weight is 510 g/mol. The summed E-state index contributed by atoms with van der Waals surface area (Å²) in [5, 5.41) is 2.96. The summed E-state index contributed by atoms with van der Waals surface area (Å²) in [4.78, 5) is 27.5. The Balaban J connectivity index is 0.00000341. The first kappa shape index (κ1) is 25.4. The maximum atomic E-state index is 12.8. The summed E-state index contributed by atoms with van der Waals surface area (Å²) in [7, 11) is 0. The Morgan fingerprint density at radius 2 is 1.81 bits per heavy atom. The average Bonchev–Trinajstić information content (AvgIpc) is 2.76. The normalized spacial score (nSPS) is 15.6. The minimum atomic E-state index is -0.593. The van der Waals surface area contributed by atoms with Crippen molar-refractivity contribution >= 4 is 45.9 Å². The number of halogens is 2. The van der Waals surface area contributed by atoms with Gasteiger partial charge < -0.3 is 15.0 Å². The van der Waals surface area contributed by atoms with E-state index < -0.39 is 5.41 Å². The van der Waals surface area contributed by atoms with Gasteiger partial charge in [0.15, 0.2) is 0 Å². The van der Waals surface area contributed by atoms with Crippen molar-refractivity contribution in [3.05, 3.63) is 64.1 Å². The monoisotopic (exact) mass is 508 g/mol. The molecule has 1 saturated heterocycles.